The van der Waals surface area contributed by atoms with Gasteiger partial charge in [-0.3, -0.25) is 9.59 Å². The number of hydrogen-bond donors (Lipinski definition) is 0. The lowest BCUT2D eigenvalue weighted by Gasteiger charge is -2.25. The third-order valence-corrected chi connectivity index (χ3v) is 3.49. The van der Waals surface area contributed by atoms with Gasteiger partial charge in [-0.2, -0.15) is 0 Å². The highest BCUT2D eigenvalue weighted by atomic mass is 16.6. The van der Waals surface area contributed by atoms with Crippen LogP contribution in [0, 0.1) is 11.8 Å². The molecule has 0 bridgehead atoms. The molecule has 0 aliphatic carbocycles. The van der Waals surface area contributed by atoms with Crippen molar-refractivity contribution in [2.45, 2.75) is 46.6 Å². The SMILES string of the molecule is CC(=O)CC[C@H](C(C)=O)C(=O)N1C(=O)OC[C@@H]1C(C)C. The molecular formula is C14H21NO5. The predicted molar refractivity (Wildman–Crippen MR) is 70.9 cm³/mol. The van der Waals surface area contributed by atoms with Crippen LogP contribution in [-0.4, -0.2) is 41.1 Å². The Kier molecular flexibility index (Phi) is 5.42. The van der Waals surface area contributed by atoms with Crippen molar-refractivity contribution in [3.05, 3.63) is 0 Å². The number of ether oxygens (including phenoxy) is 1. The summed E-state index contributed by atoms with van der Waals surface area (Å²) >= 11 is 0. The number of nitrogens with zero attached hydrogens (tertiary/aromatic N) is 1. The molecule has 2 amide bonds. The van der Waals surface area contributed by atoms with Gasteiger partial charge >= 0.3 is 6.09 Å². The van der Waals surface area contributed by atoms with Crippen LogP contribution in [0.5, 0.6) is 0 Å². The minimum Gasteiger partial charge on any atom is -0.447 e. The molecule has 20 heavy (non-hydrogen) atoms. The lowest BCUT2D eigenvalue weighted by molar-refractivity contribution is -0.139. The van der Waals surface area contributed by atoms with Crippen LogP contribution in [0.3, 0.4) is 0 Å². The molecule has 6 heteroatoms. The van der Waals surface area contributed by atoms with Crippen LogP contribution >= 0.6 is 0 Å². The van der Waals surface area contributed by atoms with Crippen molar-refractivity contribution >= 4 is 23.6 Å². The molecule has 6 nitrogen and oxygen atoms in total. The molecule has 0 aromatic heterocycles. The van der Waals surface area contributed by atoms with Crippen LogP contribution in [0.4, 0.5) is 4.79 Å². The lowest BCUT2D eigenvalue weighted by atomic mass is 9.94. The quantitative estimate of drug-likeness (QED) is 0.691. The number of carbonyl (C=O) groups excluding carboxylic acids is 4. The topological polar surface area (TPSA) is 80.8 Å². The third kappa shape index (κ3) is 3.65. The van der Waals surface area contributed by atoms with E-state index < -0.39 is 17.9 Å². The van der Waals surface area contributed by atoms with Gasteiger partial charge in [0, 0.05) is 6.42 Å². The van der Waals surface area contributed by atoms with E-state index in [1.54, 1.807) is 0 Å². The lowest BCUT2D eigenvalue weighted by Crippen LogP contribution is -2.46. The number of ketones is 2. The Hall–Kier alpha value is -1.72. The number of carbonyl (C=O) groups is 4. The molecule has 112 valence electrons. The van der Waals surface area contributed by atoms with Crippen molar-refractivity contribution in [1.82, 2.24) is 4.90 Å². The van der Waals surface area contributed by atoms with E-state index in [1.165, 1.54) is 13.8 Å². The zero-order valence-electron chi connectivity index (χ0n) is 12.3. The Morgan fingerprint density at radius 2 is 1.90 bits per heavy atom. The average molecular weight is 283 g/mol. The van der Waals surface area contributed by atoms with Crippen LogP contribution in [0.1, 0.15) is 40.5 Å². The minimum absolute atomic E-state index is 0.0471. The summed E-state index contributed by atoms with van der Waals surface area (Å²) in [6.07, 6.45) is -0.425. The number of amides is 2. The second-order valence-electron chi connectivity index (χ2n) is 5.50. The first-order chi connectivity index (χ1) is 9.25. The van der Waals surface area contributed by atoms with Gasteiger partial charge in [-0.05, 0) is 26.2 Å². The second-order valence-corrected chi connectivity index (χ2v) is 5.50. The summed E-state index contributed by atoms with van der Waals surface area (Å²) in [4.78, 5) is 47.8. The summed E-state index contributed by atoms with van der Waals surface area (Å²) in [6, 6.07) is -0.353. The molecule has 0 N–H and O–H groups in total. The molecule has 1 aliphatic heterocycles. The Labute approximate surface area is 118 Å². The molecule has 0 unspecified atom stereocenters. The van der Waals surface area contributed by atoms with Crippen LogP contribution in [0.15, 0.2) is 0 Å². The molecule has 1 aliphatic rings. The molecule has 1 fully saturated rings. The van der Waals surface area contributed by atoms with Crippen LogP contribution < -0.4 is 0 Å². The molecule has 0 saturated carbocycles. The summed E-state index contributed by atoms with van der Waals surface area (Å²) in [6.45, 7) is 6.62. The summed E-state index contributed by atoms with van der Waals surface area (Å²) in [5.74, 6) is -1.89. The van der Waals surface area contributed by atoms with E-state index in [1.807, 2.05) is 13.8 Å². The van der Waals surface area contributed by atoms with Gasteiger partial charge in [-0.25, -0.2) is 9.69 Å². The van der Waals surface area contributed by atoms with Crippen molar-refractivity contribution in [2.24, 2.45) is 11.8 Å². The number of rotatable bonds is 6. The van der Waals surface area contributed by atoms with Crippen molar-refractivity contribution in [3.63, 3.8) is 0 Å². The number of imide groups is 1. The van der Waals surface area contributed by atoms with E-state index in [-0.39, 0.29) is 43.0 Å². The number of cyclic esters (lactones) is 1. The highest BCUT2D eigenvalue weighted by molar-refractivity contribution is 6.06. The van der Waals surface area contributed by atoms with Crippen molar-refractivity contribution < 1.29 is 23.9 Å². The first-order valence-electron chi connectivity index (χ1n) is 6.75. The van der Waals surface area contributed by atoms with Crippen molar-refractivity contribution in [1.29, 1.82) is 0 Å². The Bertz CT molecular complexity index is 429. The highest BCUT2D eigenvalue weighted by Crippen LogP contribution is 2.24. The zero-order valence-corrected chi connectivity index (χ0v) is 12.3. The van der Waals surface area contributed by atoms with E-state index in [4.69, 9.17) is 4.74 Å². The van der Waals surface area contributed by atoms with Crippen LogP contribution in [0.2, 0.25) is 0 Å². The normalized spacial score (nSPS) is 19.9. The number of hydrogen-bond acceptors (Lipinski definition) is 5. The molecule has 2 atom stereocenters. The summed E-state index contributed by atoms with van der Waals surface area (Å²) in [5, 5.41) is 0. The first-order valence-corrected chi connectivity index (χ1v) is 6.75. The van der Waals surface area contributed by atoms with Gasteiger partial charge < -0.3 is 9.53 Å². The standard InChI is InChI=1S/C14H21NO5/c1-8(2)12-7-20-14(19)15(12)13(18)11(10(4)17)6-5-9(3)16/h8,11-12H,5-7H2,1-4H3/t11-,12-/m1/s1. The van der Waals surface area contributed by atoms with E-state index in [0.29, 0.717) is 0 Å². The first kappa shape index (κ1) is 16.3. The molecule has 1 rings (SSSR count). The summed E-state index contributed by atoms with van der Waals surface area (Å²) in [7, 11) is 0. The Balaban J connectivity index is 2.90. The van der Waals surface area contributed by atoms with Gasteiger partial charge in [0.2, 0.25) is 5.91 Å². The molecule has 0 spiro atoms. The maximum atomic E-state index is 12.4. The van der Waals surface area contributed by atoms with Crippen molar-refractivity contribution in [3.8, 4) is 0 Å². The van der Waals surface area contributed by atoms with E-state index in [0.717, 1.165) is 4.90 Å². The van der Waals surface area contributed by atoms with E-state index >= 15 is 0 Å². The molecule has 1 saturated heterocycles. The largest absolute Gasteiger partial charge is 0.447 e. The van der Waals surface area contributed by atoms with Gasteiger partial charge in [-0.1, -0.05) is 13.8 Å². The number of Topliss-reactive ketones (excluding diaryl/α,β-unsaturated/α-hetero) is 2. The van der Waals surface area contributed by atoms with E-state index in [9.17, 15) is 19.2 Å². The van der Waals surface area contributed by atoms with Gasteiger partial charge in [-0.15, -0.1) is 0 Å². The molecule has 1 heterocycles. The Morgan fingerprint density at radius 1 is 1.30 bits per heavy atom. The monoisotopic (exact) mass is 283 g/mol. The molecule has 0 aromatic rings. The highest BCUT2D eigenvalue weighted by Gasteiger charge is 2.43. The van der Waals surface area contributed by atoms with Gasteiger partial charge in [0.25, 0.3) is 0 Å². The smallest absolute Gasteiger partial charge is 0.417 e. The van der Waals surface area contributed by atoms with Gasteiger partial charge in [0.1, 0.15) is 18.2 Å². The van der Waals surface area contributed by atoms with Crippen LogP contribution in [-0.2, 0) is 19.1 Å². The molecular weight excluding hydrogens is 262 g/mol. The van der Waals surface area contributed by atoms with E-state index in [2.05, 4.69) is 0 Å². The minimum atomic E-state index is -0.953. The van der Waals surface area contributed by atoms with Crippen molar-refractivity contribution in [2.75, 3.05) is 6.61 Å². The summed E-state index contributed by atoms with van der Waals surface area (Å²) < 4.78 is 4.90. The third-order valence-electron chi connectivity index (χ3n) is 3.49. The van der Waals surface area contributed by atoms with Gasteiger partial charge in [0.15, 0.2) is 0 Å². The van der Waals surface area contributed by atoms with Crippen LogP contribution in [0.25, 0.3) is 0 Å². The molecule has 0 aromatic carbocycles. The maximum Gasteiger partial charge on any atom is 0.417 e. The predicted octanol–water partition coefficient (Wildman–Crippen LogP) is 1.56. The Morgan fingerprint density at radius 3 is 2.35 bits per heavy atom. The fourth-order valence-electron chi connectivity index (χ4n) is 2.20. The van der Waals surface area contributed by atoms with Gasteiger partial charge in [0.05, 0.1) is 12.0 Å². The second kappa shape index (κ2) is 6.63. The molecule has 0 radical (unpaired) electrons. The summed E-state index contributed by atoms with van der Waals surface area (Å²) in [5.41, 5.74) is 0. The average Bonchev–Trinajstić information content (AvgIpc) is 2.70. The maximum absolute atomic E-state index is 12.4. The fourth-order valence-corrected chi connectivity index (χ4v) is 2.20. The zero-order chi connectivity index (χ0) is 15.4. The fraction of sp³-hybridized carbons (Fsp3) is 0.714.